The van der Waals surface area contributed by atoms with Crippen molar-refractivity contribution in [1.82, 2.24) is 10.3 Å². The van der Waals surface area contributed by atoms with Crippen LogP contribution in [0.2, 0.25) is 0 Å². The molecule has 0 radical (unpaired) electrons. The fourth-order valence-corrected chi connectivity index (χ4v) is 2.52. The number of amides is 2. The summed E-state index contributed by atoms with van der Waals surface area (Å²) in [5.41, 5.74) is 1.59. The molecule has 0 aliphatic rings. The van der Waals surface area contributed by atoms with Crippen molar-refractivity contribution in [2.75, 3.05) is 18.5 Å². The van der Waals surface area contributed by atoms with E-state index in [1.165, 1.54) is 0 Å². The van der Waals surface area contributed by atoms with Crippen molar-refractivity contribution in [2.45, 2.75) is 13.8 Å². The van der Waals surface area contributed by atoms with E-state index in [1.54, 1.807) is 24.3 Å². The quantitative estimate of drug-likeness (QED) is 0.906. The molecule has 0 aliphatic carbocycles. The normalized spacial score (nSPS) is 10.3. The van der Waals surface area contributed by atoms with Gasteiger partial charge in [0.1, 0.15) is 6.54 Å². The van der Waals surface area contributed by atoms with Crippen LogP contribution in [0.25, 0.3) is 10.2 Å². The van der Waals surface area contributed by atoms with Gasteiger partial charge in [0.25, 0.3) is 0 Å². The average molecular weight is 293 g/mol. The Balaban J connectivity index is 1.93. The van der Waals surface area contributed by atoms with Crippen LogP contribution in [-0.2, 0) is 9.53 Å². The number of benzene rings is 1. The first kappa shape index (κ1) is 14.3. The Labute approximate surface area is 120 Å². The molecule has 7 heteroatoms. The summed E-state index contributed by atoms with van der Waals surface area (Å²) in [5.74, 6) is -0.307. The molecule has 2 aromatic rings. The van der Waals surface area contributed by atoms with E-state index in [1.807, 2.05) is 19.1 Å². The maximum atomic E-state index is 11.7. The summed E-state index contributed by atoms with van der Waals surface area (Å²) in [6.07, 6.45) is -0.601. The lowest BCUT2D eigenvalue weighted by Crippen LogP contribution is -2.33. The van der Waals surface area contributed by atoms with Crippen LogP contribution in [0.5, 0.6) is 0 Å². The van der Waals surface area contributed by atoms with Crippen LogP contribution in [-0.4, -0.2) is 30.1 Å². The lowest BCUT2D eigenvalue weighted by molar-refractivity contribution is -0.115. The zero-order valence-electron chi connectivity index (χ0n) is 11.2. The lowest BCUT2D eigenvalue weighted by atomic mass is 10.3. The number of aryl methyl sites for hydroxylation is 1. The molecule has 20 heavy (non-hydrogen) atoms. The highest BCUT2D eigenvalue weighted by molar-refractivity contribution is 7.18. The summed E-state index contributed by atoms with van der Waals surface area (Å²) in [6, 6.07) is 5.50. The van der Waals surface area contributed by atoms with Crippen LogP contribution in [0, 0.1) is 6.92 Å². The van der Waals surface area contributed by atoms with Gasteiger partial charge in [-0.15, -0.1) is 11.3 Å². The van der Waals surface area contributed by atoms with Gasteiger partial charge in [0.2, 0.25) is 5.91 Å². The highest BCUT2D eigenvalue weighted by Gasteiger charge is 2.07. The van der Waals surface area contributed by atoms with Crippen LogP contribution in [0.4, 0.5) is 10.5 Å². The first-order valence-electron chi connectivity index (χ1n) is 6.16. The molecule has 1 heterocycles. The molecule has 6 nitrogen and oxygen atoms in total. The number of nitrogens with one attached hydrogen (secondary N) is 2. The molecule has 2 N–H and O–H groups in total. The molecule has 0 unspecified atom stereocenters. The number of hydrogen-bond donors (Lipinski definition) is 2. The highest BCUT2D eigenvalue weighted by atomic mass is 32.1. The number of hydrogen-bond acceptors (Lipinski definition) is 5. The molecule has 0 bridgehead atoms. The van der Waals surface area contributed by atoms with Gasteiger partial charge < -0.3 is 15.4 Å². The predicted octanol–water partition coefficient (Wildman–Crippen LogP) is 2.29. The van der Waals surface area contributed by atoms with Crippen molar-refractivity contribution in [3.05, 3.63) is 23.2 Å². The number of alkyl carbamates (subject to hydrolysis) is 1. The summed E-state index contributed by atoms with van der Waals surface area (Å²) in [4.78, 5) is 27.1. The number of anilines is 1. The zero-order valence-corrected chi connectivity index (χ0v) is 12.0. The SMILES string of the molecule is CCOC(=O)NCC(=O)Nc1ccc2nc(C)sc2c1. The minimum Gasteiger partial charge on any atom is -0.450 e. The molecule has 2 rings (SSSR count). The smallest absolute Gasteiger partial charge is 0.407 e. The van der Waals surface area contributed by atoms with Crippen molar-refractivity contribution in [1.29, 1.82) is 0 Å². The Morgan fingerprint density at radius 2 is 2.20 bits per heavy atom. The van der Waals surface area contributed by atoms with Crippen LogP contribution in [0.15, 0.2) is 18.2 Å². The number of rotatable bonds is 4. The summed E-state index contributed by atoms with van der Waals surface area (Å²) in [5, 5.41) is 6.05. The first-order chi connectivity index (χ1) is 9.58. The summed E-state index contributed by atoms with van der Waals surface area (Å²) in [6.45, 7) is 3.78. The van der Waals surface area contributed by atoms with Gasteiger partial charge in [-0.3, -0.25) is 4.79 Å². The molecule has 0 aliphatic heterocycles. The number of ether oxygens (including phenoxy) is 1. The monoisotopic (exact) mass is 293 g/mol. The van der Waals surface area contributed by atoms with Crippen LogP contribution in [0.3, 0.4) is 0 Å². The molecular weight excluding hydrogens is 278 g/mol. The van der Waals surface area contributed by atoms with Crippen molar-refractivity contribution < 1.29 is 14.3 Å². The topological polar surface area (TPSA) is 80.3 Å². The van der Waals surface area contributed by atoms with Gasteiger partial charge in [-0.05, 0) is 32.0 Å². The van der Waals surface area contributed by atoms with Crippen molar-refractivity contribution in [3.63, 3.8) is 0 Å². The Morgan fingerprint density at radius 3 is 2.95 bits per heavy atom. The summed E-state index contributed by atoms with van der Waals surface area (Å²) >= 11 is 1.57. The number of carbonyl (C=O) groups excluding carboxylic acids is 2. The number of nitrogens with zero attached hydrogens (tertiary/aromatic N) is 1. The van der Waals surface area contributed by atoms with Crippen LogP contribution in [0.1, 0.15) is 11.9 Å². The number of aromatic nitrogens is 1. The Bertz CT molecular complexity index is 639. The van der Waals surface area contributed by atoms with E-state index in [-0.39, 0.29) is 19.1 Å². The molecule has 0 spiro atoms. The minimum absolute atomic E-state index is 0.126. The molecule has 0 atom stereocenters. The third-order valence-corrected chi connectivity index (χ3v) is 3.38. The van der Waals surface area contributed by atoms with Crippen molar-refractivity contribution >= 4 is 39.2 Å². The Morgan fingerprint density at radius 1 is 1.40 bits per heavy atom. The van der Waals surface area contributed by atoms with Gasteiger partial charge in [-0.1, -0.05) is 0 Å². The van der Waals surface area contributed by atoms with E-state index >= 15 is 0 Å². The average Bonchev–Trinajstić information content (AvgIpc) is 2.76. The van der Waals surface area contributed by atoms with E-state index < -0.39 is 6.09 Å². The maximum Gasteiger partial charge on any atom is 0.407 e. The zero-order chi connectivity index (χ0) is 14.5. The second-order valence-electron chi connectivity index (χ2n) is 4.04. The van der Waals surface area contributed by atoms with Gasteiger partial charge in [0, 0.05) is 5.69 Å². The largest absolute Gasteiger partial charge is 0.450 e. The molecule has 0 saturated carbocycles. The van der Waals surface area contributed by atoms with E-state index in [0.29, 0.717) is 5.69 Å². The molecule has 0 saturated heterocycles. The molecule has 0 fully saturated rings. The Kier molecular flexibility index (Phi) is 4.52. The second-order valence-corrected chi connectivity index (χ2v) is 5.27. The Hall–Kier alpha value is -2.15. The fraction of sp³-hybridized carbons (Fsp3) is 0.308. The van der Waals surface area contributed by atoms with E-state index in [4.69, 9.17) is 0 Å². The third kappa shape index (κ3) is 3.67. The molecule has 1 aromatic heterocycles. The highest BCUT2D eigenvalue weighted by Crippen LogP contribution is 2.24. The lowest BCUT2D eigenvalue weighted by Gasteiger charge is -2.06. The van der Waals surface area contributed by atoms with Crippen LogP contribution < -0.4 is 10.6 Å². The van der Waals surface area contributed by atoms with Gasteiger partial charge in [-0.25, -0.2) is 9.78 Å². The fourth-order valence-electron chi connectivity index (χ4n) is 1.66. The van der Waals surface area contributed by atoms with Crippen LogP contribution >= 0.6 is 11.3 Å². The van der Waals surface area contributed by atoms with Gasteiger partial charge in [-0.2, -0.15) is 0 Å². The minimum atomic E-state index is -0.601. The predicted molar refractivity (Wildman–Crippen MR) is 78.0 cm³/mol. The third-order valence-electron chi connectivity index (χ3n) is 2.45. The van der Waals surface area contributed by atoms with Crippen molar-refractivity contribution in [2.24, 2.45) is 0 Å². The molecule has 1 aromatic carbocycles. The van der Waals surface area contributed by atoms with Gasteiger partial charge in [0.15, 0.2) is 0 Å². The van der Waals surface area contributed by atoms with Gasteiger partial charge >= 0.3 is 6.09 Å². The van der Waals surface area contributed by atoms with E-state index in [9.17, 15) is 9.59 Å². The standard InChI is InChI=1S/C13H15N3O3S/c1-3-19-13(18)14-7-12(17)16-9-4-5-10-11(6-9)20-8(2)15-10/h4-6H,3,7H2,1-2H3,(H,14,18)(H,16,17). The van der Waals surface area contributed by atoms with E-state index in [0.717, 1.165) is 15.2 Å². The molecular formula is C13H15N3O3S. The second kappa shape index (κ2) is 6.33. The number of fused-ring (bicyclic) bond motifs is 1. The molecule has 106 valence electrons. The number of carbonyl (C=O) groups is 2. The van der Waals surface area contributed by atoms with Gasteiger partial charge in [0.05, 0.1) is 21.8 Å². The summed E-state index contributed by atoms with van der Waals surface area (Å²) < 4.78 is 5.68. The van der Waals surface area contributed by atoms with Crippen molar-refractivity contribution in [3.8, 4) is 0 Å². The van der Waals surface area contributed by atoms with E-state index in [2.05, 4.69) is 20.4 Å². The first-order valence-corrected chi connectivity index (χ1v) is 6.98. The summed E-state index contributed by atoms with van der Waals surface area (Å²) in [7, 11) is 0. The maximum absolute atomic E-state index is 11.7. The number of thiazole rings is 1. The molecule has 2 amide bonds.